The van der Waals surface area contributed by atoms with Gasteiger partial charge in [0, 0.05) is 47.9 Å². The second-order valence-electron chi connectivity index (χ2n) is 8.18. The van der Waals surface area contributed by atoms with E-state index in [0.29, 0.717) is 34.6 Å². The number of anilines is 4. The highest BCUT2D eigenvalue weighted by Gasteiger charge is 2.22. The van der Waals surface area contributed by atoms with E-state index >= 15 is 0 Å². The zero-order valence-electron chi connectivity index (χ0n) is 18.7. The molecule has 34 heavy (non-hydrogen) atoms. The minimum absolute atomic E-state index is 0.293. The Morgan fingerprint density at radius 3 is 2.62 bits per heavy atom. The third kappa shape index (κ3) is 4.69. The van der Waals surface area contributed by atoms with E-state index in [4.69, 9.17) is 4.98 Å². The lowest BCUT2D eigenvalue weighted by atomic mass is 10.1. The zero-order chi connectivity index (χ0) is 23.5. The monoisotopic (exact) mass is 452 g/mol. The molecule has 0 bridgehead atoms. The van der Waals surface area contributed by atoms with Crippen LogP contribution < -0.4 is 16.0 Å². The van der Waals surface area contributed by atoms with Crippen LogP contribution in [0.5, 0.6) is 0 Å². The van der Waals surface area contributed by atoms with Gasteiger partial charge in [-0.15, -0.1) is 0 Å². The fourth-order valence-corrected chi connectivity index (χ4v) is 3.87. The standard InChI is InChI=1S/C25H24N8O/c1-3-23(34)29-18-8-11-27-21(12-18)24-20-9-10-26-13-22(20)31-25(32-24)30-17-6-4-16(5-7-17)28-19-14-33(2)15-19/h3-13,19,28H,1,14-15H2,2H3,(H,27,29,34)(H,30,31,32). The van der Waals surface area contributed by atoms with Gasteiger partial charge >= 0.3 is 0 Å². The first kappa shape index (κ1) is 21.5. The van der Waals surface area contributed by atoms with Crippen LogP contribution in [0.25, 0.3) is 22.3 Å². The summed E-state index contributed by atoms with van der Waals surface area (Å²) in [5.41, 5.74) is 4.47. The summed E-state index contributed by atoms with van der Waals surface area (Å²) < 4.78 is 0. The Hall–Kier alpha value is -4.37. The van der Waals surface area contributed by atoms with Crippen LogP contribution in [0.1, 0.15) is 0 Å². The third-order valence-electron chi connectivity index (χ3n) is 5.53. The molecule has 1 aromatic carbocycles. The second-order valence-corrected chi connectivity index (χ2v) is 8.18. The number of amides is 1. The lowest BCUT2D eigenvalue weighted by Crippen LogP contribution is -2.52. The number of hydrogen-bond acceptors (Lipinski definition) is 8. The van der Waals surface area contributed by atoms with E-state index < -0.39 is 0 Å². The van der Waals surface area contributed by atoms with E-state index in [9.17, 15) is 4.79 Å². The van der Waals surface area contributed by atoms with Crippen LogP contribution in [0.3, 0.4) is 0 Å². The molecule has 5 rings (SSSR count). The molecule has 3 N–H and O–H groups in total. The van der Waals surface area contributed by atoms with Gasteiger partial charge in [0.1, 0.15) is 5.69 Å². The van der Waals surface area contributed by atoms with Gasteiger partial charge in [0.2, 0.25) is 11.9 Å². The van der Waals surface area contributed by atoms with Crippen LogP contribution in [0.4, 0.5) is 23.0 Å². The average molecular weight is 453 g/mol. The molecular weight excluding hydrogens is 428 g/mol. The molecule has 0 saturated carbocycles. The lowest BCUT2D eigenvalue weighted by molar-refractivity contribution is -0.111. The summed E-state index contributed by atoms with van der Waals surface area (Å²) in [5.74, 6) is 0.137. The Balaban J connectivity index is 1.43. The van der Waals surface area contributed by atoms with Gasteiger partial charge in [-0.25, -0.2) is 9.97 Å². The quantitative estimate of drug-likeness (QED) is 0.365. The van der Waals surface area contributed by atoms with Crippen LogP contribution in [0.15, 0.2) is 73.7 Å². The fourth-order valence-electron chi connectivity index (χ4n) is 3.87. The first-order chi connectivity index (χ1) is 16.6. The van der Waals surface area contributed by atoms with Gasteiger partial charge < -0.3 is 20.9 Å². The van der Waals surface area contributed by atoms with Gasteiger partial charge in [-0.3, -0.25) is 14.8 Å². The number of aromatic nitrogens is 4. The van der Waals surface area contributed by atoms with Crippen molar-refractivity contribution in [3.8, 4) is 11.4 Å². The topological polar surface area (TPSA) is 108 Å². The predicted molar refractivity (Wildman–Crippen MR) is 134 cm³/mol. The molecule has 1 aliphatic heterocycles. The highest BCUT2D eigenvalue weighted by Crippen LogP contribution is 2.28. The Morgan fingerprint density at radius 2 is 1.85 bits per heavy atom. The summed E-state index contributed by atoms with van der Waals surface area (Å²) in [4.78, 5) is 32.0. The maximum Gasteiger partial charge on any atom is 0.247 e. The number of carbonyl (C=O) groups is 1. The van der Waals surface area contributed by atoms with E-state index in [1.165, 1.54) is 6.08 Å². The molecule has 9 heteroatoms. The minimum atomic E-state index is -0.293. The molecule has 3 aromatic heterocycles. The number of likely N-dealkylation sites (tertiary alicyclic amines) is 1. The number of fused-ring (bicyclic) bond motifs is 1. The summed E-state index contributed by atoms with van der Waals surface area (Å²) in [6, 6.07) is 13.9. The largest absolute Gasteiger partial charge is 0.380 e. The molecule has 1 amide bonds. The minimum Gasteiger partial charge on any atom is -0.380 e. The average Bonchev–Trinajstić information content (AvgIpc) is 2.84. The molecule has 4 aromatic rings. The van der Waals surface area contributed by atoms with Crippen molar-refractivity contribution >= 4 is 39.8 Å². The number of nitrogens with zero attached hydrogens (tertiary/aromatic N) is 5. The van der Waals surface area contributed by atoms with Gasteiger partial charge in [0.05, 0.1) is 23.4 Å². The van der Waals surface area contributed by atoms with Crippen LogP contribution >= 0.6 is 0 Å². The summed E-state index contributed by atoms with van der Waals surface area (Å²) in [5, 5.41) is 10.4. The SMILES string of the molecule is C=CC(=O)Nc1ccnc(-c2nc(Nc3ccc(NC4CN(C)C4)cc3)nc3cnccc23)c1. The van der Waals surface area contributed by atoms with E-state index in [2.05, 4.69) is 49.4 Å². The highest BCUT2D eigenvalue weighted by atomic mass is 16.1. The van der Waals surface area contributed by atoms with Crippen LogP contribution in [0, 0.1) is 0 Å². The van der Waals surface area contributed by atoms with Crippen molar-refractivity contribution < 1.29 is 4.79 Å². The molecule has 0 aliphatic carbocycles. The number of hydrogen-bond donors (Lipinski definition) is 3. The number of pyridine rings is 2. The number of benzene rings is 1. The van der Waals surface area contributed by atoms with E-state index in [1.54, 1.807) is 30.7 Å². The molecule has 0 atom stereocenters. The Bertz CT molecular complexity index is 1350. The van der Waals surface area contributed by atoms with Gasteiger partial charge in [-0.2, -0.15) is 0 Å². The smallest absolute Gasteiger partial charge is 0.247 e. The lowest BCUT2D eigenvalue weighted by Gasteiger charge is -2.37. The van der Waals surface area contributed by atoms with E-state index in [0.717, 1.165) is 29.9 Å². The van der Waals surface area contributed by atoms with Gasteiger partial charge in [0.15, 0.2) is 0 Å². The molecule has 1 aliphatic rings. The highest BCUT2D eigenvalue weighted by molar-refractivity contribution is 5.99. The number of nitrogens with one attached hydrogen (secondary N) is 3. The summed E-state index contributed by atoms with van der Waals surface area (Å²) in [7, 11) is 2.11. The van der Waals surface area contributed by atoms with Crippen molar-refractivity contribution in [3.05, 3.63) is 73.7 Å². The molecule has 0 spiro atoms. The van der Waals surface area contributed by atoms with Crippen molar-refractivity contribution in [2.45, 2.75) is 6.04 Å². The molecule has 4 heterocycles. The Labute approximate surface area is 197 Å². The van der Waals surface area contributed by atoms with E-state index in [-0.39, 0.29) is 5.91 Å². The first-order valence-electron chi connectivity index (χ1n) is 10.9. The van der Waals surface area contributed by atoms with Crippen molar-refractivity contribution in [2.24, 2.45) is 0 Å². The molecule has 1 fully saturated rings. The van der Waals surface area contributed by atoms with Gasteiger partial charge in [0.25, 0.3) is 0 Å². The fraction of sp³-hybridized carbons (Fsp3) is 0.160. The van der Waals surface area contributed by atoms with Crippen LogP contribution in [-0.4, -0.2) is 56.9 Å². The first-order valence-corrected chi connectivity index (χ1v) is 10.9. The summed E-state index contributed by atoms with van der Waals surface area (Å²) >= 11 is 0. The molecule has 170 valence electrons. The van der Waals surface area contributed by atoms with Crippen LogP contribution in [0.2, 0.25) is 0 Å². The Morgan fingerprint density at radius 1 is 1.06 bits per heavy atom. The summed E-state index contributed by atoms with van der Waals surface area (Å²) in [6.07, 6.45) is 6.23. The molecule has 0 unspecified atom stereocenters. The van der Waals surface area contributed by atoms with Gasteiger partial charge in [-0.05, 0) is 55.6 Å². The van der Waals surface area contributed by atoms with E-state index in [1.807, 2.05) is 30.3 Å². The number of likely N-dealkylation sites (N-methyl/N-ethyl adjacent to an activating group) is 1. The molecular formula is C25H24N8O. The Kier molecular flexibility index (Phi) is 5.84. The predicted octanol–water partition coefficient (Wildman–Crippen LogP) is 3.68. The van der Waals surface area contributed by atoms with Crippen molar-refractivity contribution in [1.82, 2.24) is 24.8 Å². The van der Waals surface area contributed by atoms with Crippen molar-refractivity contribution in [1.29, 1.82) is 0 Å². The van der Waals surface area contributed by atoms with Gasteiger partial charge in [-0.1, -0.05) is 6.58 Å². The normalized spacial score (nSPS) is 13.8. The third-order valence-corrected chi connectivity index (χ3v) is 5.53. The number of carbonyl (C=O) groups excluding carboxylic acids is 1. The van der Waals surface area contributed by atoms with Crippen molar-refractivity contribution in [2.75, 3.05) is 36.1 Å². The molecule has 1 saturated heterocycles. The van der Waals surface area contributed by atoms with Crippen molar-refractivity contribution in [3.63, 3.8) is 0 Å². The summed E-state index contributed by atoms with van der Waals surface area (Å²) in [6.45, 7) is 5.59. The maximum atomic E-state index is 11.7. The zero-order valence-corrected chi connectivity index (χ0v) is 18.7. The molecule has 0 radical (unpaired) electrons. The number of rotatable bonds is 7. The molecule has 9 nitrogen and oxygen atoms in total. The maximum absolute atomic E-state index is 11.7. The second kappa shape index (κ2) is 9.24. The van der Waals surface area contributed by atoms with Crippen LogP contribution in [-0.2, 0) is 4.79 Å².